The molecular formula is C14H22N2O2. The van der Waals surface area contributed by atoms with Gasteiger partial charge in [0, 0.05) is 6.08 Å². The Hall–Kier alpha value is -1.34. The molecule has 1 rings (SSSR count). The Morgan fingerprint density at radius 1 is 1.33 bits per heavy atom. The number of hydrogen-bond acceptors (Lipinski definition) is 4. The monoisotopic (exact) mass is 250 g/mol. The van der Waals surface area contributed by atoms with Crippen molar-refractivity contribution in [2.24, 2.45) is 0 Å². The Morgan fingerprint density at radius 2 is 1.89 bits per heavy atom. The summed E-state index contributed by atoms with van der Waals surface area (Å²) < 4.78 is 0. The fraction of sp³-hybridized carbons (Fsp3) is 0.714. The van der Waals surface area contributed by atoms with Crippen molar-refractivity contribution in [3.05, 3.63) is 12.2 Å². The van der Waals surface area contributed by atoms with Crippen molar-refractivity contribution in [2.45, 2.75) is 64.5 Å². The van der Waals surface area contributed by atoms with Crippen LogP contribution in [0.4, 0.5) is 0 Å². The average Bonchev–Trinajstić information content (AvgIpc) is 2.23. The number of nitriles is 1. The van der Waals surface area contributed by atoms with Crippen LogP contribution in [0.1, 0.15) is 53.4 Å². The molecule has 0 bridgehead atoms. The molecule has 100 valence electrons. The molecule has 1 saturated heterocycles. The maximum atomic E-state index is 11.7. The van der Waals surface area contributed by atoms with Crippen molar-refractivity contribution in [2.75, 3.05) is 0 Å². The van der Waals surface area contributed by atoms with Crippen LogP contribution in [-0.4, -0.2) is 22.1 Å². The molecule has 0 amide bonds. The number of rotatable bonds is 3. The van der Waals surface area contributed by atoms with Gasteiger partial charge in [0.05, 0.1) is 23.6 Å². The SMILES string of the molecule is CC1(C)CCCC(C)(C)N1OC(=O)/C=C/CC#N. The van der Waals surface area contributed by atoms with E-state index in [1.54, 1.807) is 0 Å². The number of carbonyl (C=O) groups excluding carboxylic acids is 1. The Morgan fingerprint density at radius 3 is 2.39 bits per heavy atom. The first kappa shape index (κ1) is 14.7. The zero-order chi connectivity index (χ0) is 13.8. The van der Waals surface area contributed by atoms with Gasteiger partial charge in [-0.1, -0.05) is 6.08 Å². The summed E-state index contributed by atoms with van der Waals surface area (Å²) in [7, 11) is 0. The van der Waals surface area contributed by atoms with E-state index < -0.39 is 5.97 Å². The molecule has 18 heavy (non-hydrogen) atoms. The number of allylic oxidation sites excluding steroid dienone is 1. The second-order valence-corrected chi connectivity index (χ2v) is 5.95. The summed E-state index contributed by atoms with van der Waals surface area (Å²) >= 11 is 0. The van der Waals surface area contributed by atoms with Gasteiger partial charge in [-0.25, -0.2) is 4.79 Å². The quantitative estimate of drug-likeness (QED) is 0.723. The molecule has 4 heteroatoms. The minimum atomic E-state index is -0.409. The molecule has 1 heterocycles. The van der Waals surface area contributed by atoms with E-state index in [2.05, 4.69) is 27.7 Å². The van der Waals surface area contributed by atoms with Crippen molar-refractivity contribution < 1.29 is 9.63 Å². The van der Waals surface area contributed by atoms with Crippen molar-refractivity contribution in [1.29, 1.82) is 5.26 Å². The minimum Gasteiger partial charge on any atom is -0.363 e. The number of piperidine rings is 1. The van der Waals surface area contributed by atoms with Gasteiger partial charge in [0.1, 0.15) is 0 Å². The predicted octanol–water partition coefficient (Wildman–Crippen LogP) is 2.96. The van der Waals surface area contributed by atoms with E-state index in [1.807, 2.05) is 11.1 Å². The van der Waals surface area contributed by atoms with Crippen LogP contribution in [0.5, 0.6) is 0 Å². The summed E-state index contributed by atoms with van der Waals surface area (Å²) in [6.07, 6.45) is 6.22. The molecule has 0 radical (unpaired) electrons. The molecule has 0 aromatic rings. The normalized spacial score (nSPS) is 22.6. The van der Waals surface area contributed by atoms with Crippen LogP contribution >= 0.6 is 0 Å². The standard InChI is InChI=1S/C14H22N2O2/c1-13(2)9-7-10-14(3,4)16(13)18-12(17)8-5-6-11-15/h5,8H,6-7,9-10H2,1-4H3/b8-5+. The van der Waals surface area contributed by atoms with E-state index in [0.29, 0.717) is 0 Å². The van der Waals surface area contributed by atoms with Gasteiger partial charge in [0.25, 0.3) is 0 Å². The Kier molecular flexibility index (Phi) is 4.53. The van der Waals surface area contributed by atoms with Gasteiger partial charge in [0.15, 0.2) is 0 Å². The van der Waals surface area contributed by atoms with Crippen LogP contribution in [0.3, 0.4) is 0 Å². The molecule has 0 N–H and O–H groups in total. The average molecular weight is 250 g/mol. The summed E-state index contributed by atoms with van der Waals surface area (Å²) in [5.41, 5.74) is -0.305. The first-order valence-corrected chi connectivity index (χ1v) is 6.35. The van der Waals surface area contributed by atoms with Gasteiger partial charge in [0.2, 0.25) is 0 Å². The molecule has 0 spiro atoms. The Labute approximate surface area is 109 Å². The van der Waals surface area contributed by atoms with Crippen LogP contribution in [0, 0.1) is 11.3 Å². The number of hydrogen-bond donors (Lipinski definition) is 0. The summed E-state index contributed by atoms with van der Waals surface area (Å²) in [5, 5.41) is 10.2. The van der Waals surface area contributed by atoms with E-state index in [1.165, 1.54) is 12.2 Å². The molecule has 0 atom stereocenters. The van der Waals surface area contributed by atoms with Crippen molar-refractivity contribution in [1.82, 2.24) is 5.06 Å². The van der Waals surface area contributed by atoms with Crippen LogP contribution in [-0.2, 0) is 9.63 Å². The fourth-order valence-electron chi connectivity index (χ4n) is 2.55. The highest BCUT2D eigenvalue weighted by Crippen LogP contribution is 2.38. The van der Waals surface area contributed by atoms with Gasteiger partial charge < -0.3 is 4.84 Å². The lowest BCUT2D eigenvalue weighted by atomic mass is 9.82. The van der Waals surface area contributed by atoms with Crippen LogP contribution in [0.2, 0.25) is 0 Å². The minimum absolute atomic E-state index is 0.152. The molecule has 0 unspecified atom stereocenters. The van der Waals surface area contributed by atoms with Gasteiger partial charge in [-0.2, -0.15) is 5.26 Å². The first-order valence-electron chi connectivity index (χ1n) is 6.35. The highest BCUT2D eigenvalue weighted by Gasteiger charge is 2.44. The third-order valence-corrected chi connectivity index (χ3v) is 3.32. The lowest BCUT2D eigenvalue weighted by Crippen LogP contribution is -2.58. The maximum absolute atomic E-state index is 11.7. The molecule has 0 aliphatic carbocycles. The van der Waals surface area contributed by atoms with Crippen LogP contribution in [0.25, 0.3) is 0 Å². The van der Waals surface area contributed by atoms with E-state index >= 15 is 0 Å². The summed E-state index contributed by atoms with van der Waals surface area (Å²) in [5.74, 6) is -0.409. The lowest BCUT2D eigenvalue weighted by molar-refractivity contribution is -0.261. The van der Waals surface area contributed by atoms with Crippen molar-refractivity contribution in [3.8, 4) is 6.07 Å². The lowest BCUT2D eigenvalue weighted by Gasteiger charge is -2.50. The number of nitrogens with zero attached hydrogens (tertiary/aromatic N) is 2. The maximum Gasteiger partial charge on any atom is 0.349 e. The topological polar surface area (TPSA) is 53.3 Å². The molecule has 1 fully saturated rings. The fourth-order valence-corrected chi connectivity index (χ4v) is 2.55. The second kappa shape index (κ2) is 5.53. The molecule has 1 aliphatic rings. The van der Waals surface area contributed by atoms with E-state index in [0.717, 1.165) is 19.3 Å². The second-order valence-electron chi connectivity index (χ2n) is 5.95. The van der Waals surface area contributed by atoms with E-state index in [4.69, 9.17) is 10.1 Å². The van der Waals surface area contributed by atoms with Gasteiger partial charge in [-0.3, -0.25) is 0 Å². The van der Waals surface area contributed by atoms with E-state index in [-0.39, 0.29) is 17.5 Å². The summed E-state index contributed by atoms with van der Waals surface area (Å²) in [6.45, 7) is 8.33. The van der Waals surface area contributed by atoms with Crippen LogP contribution < -0.4 is 0 Å². The number of carbonyl (C=O) groups is 1. The third-order valence-electron chi connectivity index (χ3n) is 3.32. The highest BCUT2D eigenvalue weighted by atomic mass is 16.7. The Bertz CT molecular complexity index is 362. The third kappa shape index (κ3) is 3.58. The first-order chi connectivity index (χ1) is 8.29. The summed E-state index contributed by atoms with van der Waals surface area (Å²) in [4.78, 5) is 17.2. The van der Waals surface area contributed by atoms with Gasteiger partial charge >= 0.3 is 5.97 Å². The highest BCUT2D eigenvalue weighted by molar-refractivity contribution is 5.81. The molecular weight excluding hydrogens is 228 g/mol. The number of hydroxylamine groups is 2. The molecule has 0 saturated carbocycles. The molecule has 0 aromatic heterocycles. The van der Waals surface area contributed by atoms with Gasteiger partial charge in [-0.15, -0.1) is 5.06 Å². The zero-order valence-corrected chi connectivity index (χ0v) is 11.7. The Balaban J connectivity index is 2.73. The largest absolute Gasteiger partial charge is 0.363 e. The van der Waals surface area contributed by atoms with Crippen LogP contribution in [0.15, 0.2) is 12.2 Å². The van der Waals surface area contributed by atoms with Crippen molar-refractivity contribution in [3.63, 3.8) is 0 Å². The summed E-state index contributed by atoms with van der Waals surface area (Å²) in [6, 6.07) is 1.95. The van der Waals surface area contributed by atoms with Crippen molar-refractivity contribution >= 4 is 5.97 Å². The molecule has 1 aliphatic heterocycles. The predicted molar refractivity (Wildman–Crippen MR) is 69.3 cm³/mol. The smallest absolute Gasteiger partial charge is 0.349 e. The van der Waals surface area contributed by atoms with Gasteiger partial charge in [-0.05, 0) is 47.0 Å². The zero-order valence-electron chi connectivity index (χ0n) is 11.7. The molecule has 4 nitrogen and oxygen atoms in total. The van der Waals surface area contributed by atoms with E-state index in [9.17, 15) is 4.79 Å². The molecule has 0 aromatic carbocycles.